The van der Waals surface area contributed by atoms with E-state index in [1.165, 1.54) is 60.2 Å². The fourth-order valence-electron chi connectivity index (χ4n) is 9.42. The molecule has 0 atom stereocenters. The van der Waals surface area contributed by atoms with Crippen molar-refractivity contribution in [1.82, 2.24) is 19.5 Å². The zero-order chi connectivity index (χ0) is 37.9. The van der Waals surface area contributed by atoms with Gasteiger partial charge in [-0.15, -0.1) is 0 Å². The van der Waals surface area contributed by atoms with Gasteiger partial charge in [-0.1, -0.05) is 140 Å². The van der Waals surface area contributed by atoms with E-state index < -0.39 is 0 Å². The van der Waals surface area contributed by atoms with Crippen LogP contribution in [0.4, 0.5) is 0 Å². The summed E-state index contributed by atoms with van der Waals surface area (Å²) >= 11 is 0. The van der Waals surface area contributed by atoms with Gasteiger partial charge in [0, 0.05) is 50.0 Å². The van der Waals surface area contributed by atoms with Crippen molar-refractivity contribution in [3.05, 3.63) is 182 Å². The molecular formula is C53H30N4O. The maximum absolute atomic E-state index is 6.74. The predicted octanol–water partition coefficient (Wildman–Crippen LogP) is 13.8. The van der Waals surface area contributed by atoms with Crippen molar-refractivity contribution in [1.29, 1.82) is 0 Å². The van der Waals surface area contributed by atoms with E-state index in [2.05, 4.69) is 144 Å². The van der Waals surface area contributed by atoms with Crippen molar-refractivity contribution in [3.63, 3.8) is 0 Å². The first-order valence-electron chi connectivity index (χ1n) is 19.6. The minimum atomic E-state index is 0.599. The Balaban J connectivity index is 1.03. The number of nitrogens with zero attached hydrogens (tertiary/aromatic N) is 4. The van der Waals surface area contributed by atoms with E-state index in [1.54, 1.807) is 0 Å². The second kappa shape index (κ2) is 11.8. The molecule has 3 aromatic heterocycles. The molecule has 12 aromatic rings. The smallest absolute Gasteiger partial charge is 0.164 e. The van der Waals surface area contributed by atoms with E-state index in [1.807, 2.05) is 42.5 Å². The van der Waals surface area contributed by atoms with Gasteiger partial charge in [-0.2, -0.15) is 0 Å². The van der Waals surface area contributed by atoms with Crippen molar-refractivity contribution in [2.45, 2.75) is 0 Å². The molecule has 1 aliphatic carbocycles. The molecule has 0 unspecified atom stereocenters. The number of fused-ring (bicyclic) bond motifs is 7. The zero-order valence-electron chi connectivity index (χ0n) is 31.0. The summed E-state index contributed by atoms with van der Waals surface area (Å²) in [5.74, 6) is 1.85. The van der Waals surface area contributed by atoms with E-state index >= 15 is 0 Å². The molecule has 13 rings (SSSR count). The van der Waals surface area contributed by atoms with Gasteiger partial charge in [-0.05, 0) is 80.2 Å². The lowest BCUT2D eigenvalue weighted by molar-refractivity contribution is 0.668. The van der Waals surface area contributed by atoms with Crippen LogP contribution in [0.1, 0.15) is 0 Å². The highest BCUT2D eigenvalue weighted by Crippen LogP contribution is 2.50. The number of rotatable bonds is 4. The molecule has 5 heteroatoms. The van der Waals surface area contributed by atoms with Crippen molar-refractivity contribution in [2.75, 3.05) is 0 Å². The monoisotopic (exact) mass is 738 g/mol. The predicted molar refractivity (Wildman–Crippen MR) is 237 cm³/mol. The number of benzene rings is 9. The third-order valence-electron chi connectivity index (χ3n) is 12.0. The van der Waals surface area contributed by atoms with E-state index in [9.17, 15) is 0 Å². The van der Waals surface area contributed by atoms with Crippen LogP contribution in [-0.2, 0) is 0 Å². The van der Waals surface area contributed by atoms with Crippen LogP contribution in [0, 0.1) is 0 Å². The Bertz CT molecular complexity index is 3690. The lowest BCUT2D eigenvalue weighted by atomic mass is 9.93. The molecule has 0 aliphatic heterocycles. The van der Waals surface area contributed by atoms with Gasteiger partial charge in [0.05, 0.1) is 11.0 Å². The first-order chi connectivity index (χ1) is 28.7. The van der Waals surface area contributed by atoms with Crippen LogP contribution in [0.2, 0.25) is 0 Å². The van der Waals surface area contributed by atoms with Crippen molar-refractivity contribution in [3.8, 4) is 62.1 Å². The van der Waals surface area contributed by atoms with Crippen LogP contribution in [-0.4, -0.2) is 19.5 Å². The van der Waals surface area contributed by atoms with Crippen LogP contribution in [0.3, 0.4) is 0 Å². The molecule has 5 nitrogen and oxygen atoms in total. The van der Waals surface area contributed by atoms with Crippen LogP contribution in [0.5, 0.6) is 0 Å². The van der Waals surface area contributed by atoms with Gasteiger partial charge in [0.2, 0.25) is 0 Å². The molecule has 0 N–H and O–H groups in total. The van der Waals surface area contributed by atoms with Gasteiger partial charge in [0.25, 0.3) is 0 Å². The van der Waals surface area contributed by atoms with Crippen molar-refractivity contribution >= 4 is 65.3 Å². The third-order valence-corrected chi connectivity index (χ3v) is 12.0. The van der Waals surface area contributed by atoms with Gasteiger partial charge in [0.15, 0.2) is 17.5 Å². The quantitative estimate of drug-likeness (QED) is 0.180. The Labute approximate surface area is 332 Å². The first kappa shape index (κ1) is 31.3. The van der Waals surface area contributed by atoms with Crippen LogP contribution in [0.25, 0.3) is 127 Å². The molecule has 0 radical (unpaired) electrons. The molecule has 0 amide bonds. The summed E-state index contributed by atoms with van der Waals surface area (Å²) in [6, 6.07) is 64.4. The molecular weight excluding hydrogens is 709 g/mol. The largest absolute Gasteiger partial charge is 0.456 e. The summed E-state index contributed by atoms with van der Waals surface area (Å²) < 4.78 is 9.14. The van der Waals surface area contributed by atoms with E-state index in [4.69, 9.17) is 19.4 Å². The SMILES string of the molecule is c1ccc(-c2nc(-c3ccc4ccccc4c3)nc(-c3cccc4oc5cc(-n6c7cccc8c7c7c9c(cccc9ccc76)-c6ccccc6-8)ccc5c34)n2)cc1. The summed E-state index contributed by atoms with van der Waals surface area (Å²) in [5.41, 5.74) is 12.8. The summed E-state index contributed by atoms with van der Waals surface area (Å²) in [4.78, 5) is 15.3. The van der Waals surface area contributed by atoms with Crippen LogP contribution < -0.4 is 0 Å². The molecule has 3 heterocycles. The highest BCUT2D eigenvalue weighted by Gasteiger charge is 2.25. The second-order valence-corrected chi connectivity index (χ2v) is 15.1. The molecule has 58 heavy (non-hydrogen) atoms. The highest BCUT2D eigenvalue weighted by atomic mass is 16.3. The normalized spacial score (nSPS) is 12.1. The average Bonchev–Trinajstić information content (AvgIpc) is 3.80. The molecule has 0 saturated heterocycles. The minimum Gasteiger partial charge on any atom is -0.456 e. The number of hydrogen-bond acceptors (Lipinski definition) is 4. The zero-order valence-corrected chi connectivity index (χ0v) is 31.0. The van der Waals surface area contributed by atoms with E-state index in [0.717, 1.165) is 49.7 Å². The Morgan fingerprint density at radius 3 is 1.84 bits per heavy atom. The Kier molecular flexibility index (Phi) is 6.38. The molecule has 1 aliphatic rings. The Morgan fingerprint density at radius 1 is 0.345 bits per heavy atom. The van der Waals surface area contributed by atoms with Crippen molar-refractivity contribution in [2.24, 2.45) is 0 Å². The summed E-state index contributed by atoms with van der Waals surface area (Å²) in [7, 11) is 0. The summed E-state index contributed by atoms with van der Waals surface area (Å²) in [5, 5.41) is 9.39. The lowest BCUT2D eigenvalue weighted by Gasteiger charge is -2.13. The minimum absolute atomic E-state index is 0.599. The molecule has 9 aromatic carbocycles. The van der Waals surface area contributed by atoms with E-state index in [0.29, 0.717) is 17.5 Å². The third kappa shape index (κ3) is 4.44. The second-order valence-electron chi connectivity index (χ2n) is 15.1. The first-order valence-corrected chi connectivity index (χ1v) is 19.6. The van der Waals surface area contributed by atoms with Gasteiger partial charge in [0.1, 0.15) is 11.2 Å². The summed E-state index contributed by atoms with van der Waals surface area (Å²) in [6.45, 7) is 0. The van der Waals surface area contributed by atoms with Gasteiger partial charge < -0.3 is 8.98 Å². The molecule has 0 saturated carbocycles. The maximum atomic E-state index is 6.74. The Morgan fingerprint density at radius 2 is 0.983 bits per heavy atom. The van der Waals surface area contributed by atoms with Crippen LogP contribution >= 0.6 is 0 Å². The molecule has 0 fully saturated rings. The average molecular weight is 739 g/mol. The topological polar surface area (TPSA) is 56.7 Å². The van der Waals surface area contributed by atoms with Gasteiger partial charge in [-0.3, -0.25) is 0 Å². The fourth-order valence-corrected chi connectivity index (χ4v) is 9.42. The summed E-state index contributed by atoms with van der Waals surface area (Å²) in [6.07, 6.45) is 0. The lowest BCUT2D eigenvalue weighted by Crippen LogP contribution is -2.00. The van der Waals surface area contributed by atoms with E-state index in [-0.39, 0.29) is 0 Å². The number of hydrogen-bond donors (Lipinski definition) is 0. The molecule has 0 spiro atoms. The highest BCUT2D eigenvalue weighted by molar-refractivity contribution is 6.30. The number of aromatic nitrogens is 4. The Hall–Kier alpha value is -7.89. The van der Waals surface area contributed by atoms with Crippen molar-refractivity contribution < 1.29 is 4.42 Å². The maximum Gasteiger partial charge on any atom is 0.164 e. The standard InChI is InChI=1S/C53H30N4O/c1-2-12-33(13-3-1)51-54-52(35-24-23-31-11-4-5-14-34(31)29-35)56-53(55-51)42-20-10-22-45-48(42)41-27-26-36(30-46(41)58-45)57-43-21-9-19-40-38-17-7-6-16-37(38)39-18-8-15-32-25-28-44(57)50(47(32)39)49(40)43/h1-30H. The van der Waals surface area contributed by atoms with Gasteiger partial charge in [-0.25, -0.2) is 15.0 Å². The number of furan rings is 1. The molecule has 0 bridgehead atoms. The van der Waals surface area contributed by atoms with Crippen LogP contribution in [0.15, 0.2) is 186 Å². The van der Waals surface area contributed by atoms with Gasteiger partial charge >= 0.3 is 0 Å². The molecule has 268 valence electrons. The fraction of sp³-hybridized carbons (Fsp3) is 0.